The quantitative estimate of drug-likeness (QED) is 0.714. The lowest BCUT2D eigenvalue weighted by Gasteiger charge is -2.34. The number of aryl methyl sites for hydroxylation is 1. The van der Waals surface area contributed by atoms with E-state index >= 15 is 0 Å². The van der Waals surface area contributed by atoms with Crippen molar-refractivity contribution in [2.45, 2.75) is 65.4 Å². The van der Waals surface area contributed by atoms with Gasteiger partial charge in [0, 0.05) is 5.41 Å². The Bertz CT molecular complexity index is 466. The van der Waals surface area contributed by atoms with Gasteiger partial charge in [0.25, 0.3) is 0 Å². The Hall–Kier alpha value is -1.31. The molecule has 0 aliphatic heterocycles. The monoisotopic (exact) mass is 274 g/mol. The van der Waals surface area contributed by atoms with Crippen LogP contribution in [0.3, 0.4) is 0 Å². The van der Waals surface area contributed by atoms with E-state index in [-0.39, 0.29) is 17.5 Å². The molecule has 2 nitrogen and oxygen atoms in total. The van der Waals surface area contributed by atoms with Crippen molar-refractivity contribution in [3.63, 3.8) is 0 Å². The van der Waals surface area contributed by atoms with Crippen LogP contribution in [0.25, 0.3) is 0 Å². The largest absolute Gasteiger partial charge is 0.458 e. The van der Waals surface area contributed by atoms with Gasteiger partial charge in [-0.1, -0.05) is 38.5 Å². The summed E-state index contributed by atoms with van der Waals surface area (Å²) in [7, 11) is 0. The van der Waals surface area contributed by atoms with E-state index in [1.54, 1.807) is 0 Å². The van der Waals surface area contributed by atoms with E-state index in [4.69, 9.17) is 4.74 Å². The second-order valence-electron chi connectivity index (χ2n) is 6.07. The van der Waals surface area contributed by atoms with Gasteiger partial charge in [-0.05, 0) is 50.7 Å². The standard InChI is InChI=1S/C18H26O2/c1-4-12-18(5-2)13-8-11-16(18)20-17(19)15-10-7-6-9-14(15)3/h6-7,9-10,16H,4-5,8,11-13H2,1-3H3. The predicted molar refractivity (Wildman–Crippen MR) is 81.9 cm³/mol. The maximum atomic E-state index is 12.4. The molecule has 0 bridgehead atoms. The minimum Gasteiger partial charge on any atom is -0.458 e. The Morgan fingerprint density at radius 2 is 2.10 bits per heavy atom. The summed E-state index contributed by atoms with van der Waals surface area (Å²) < 4.78 is 5.90. The average Bonchev–Trinajstić information content (AvgIpc) is 2.83. The lowest BCUT2D eigenvalue weighted by Crippen LogP contribution is -2.33. The van der Waals surface area contributed by atoms with E-state index in [1.807, 2.05) is 31.2 Å². The fraction of sp³-hybridized carbons (Fsp3) is 0.611. The van der Waals surface area contributed by atoms with Gasteiger partial charge in [-0.15, -0.1) is 0 Å². The lowest BCUT2D eigenvalue weighted by molar-refractivity contribution is -0.0102. The van der Waals surface area contributed by atoms with Gasteiger partial charge < -0.3 is 4.74 Å². The Morgan fingerprint density at radius 3 is 2.75 bits per heavy atom. The molecule has 2 unspecified atom stereocenters. The molecule has 1 aliphatic carbocycles. The maximum Gasteiger partial charge on any atom is 0.338 e. The molecule has 0 radical (unpaired) electrons. The fourth-order valence-corrected chi connectivity index (χ4v) is 3.65. The van der Waals surface area contributed by atoms with Gasteiger partial charge in [0.15, 0.2) is 0 Å². The van der Waals surface area contributed by atoms with Gasteiger partial charge in [0.1, 0.15) is 6.10 Å². The summed E-state index contributed by atoms with van der Waals surface area (Å²) >= 11 is 0. The molecule has 2 rings (SSSR count). The van der Waals surface area contributed by atoms with E-state index in [9.17, 15) is 4.79 Å². The summed E-state index contributed by atoms with van der Waals surface area (Å²) in [6, 6.07) is 7.68. The van der Waals surface area contributed by atoms with Gasteiger partial charge in [0.2, 0.25) is 0 Å². The van der Waals surface area contributed by atoms with Crippen LogP contribution in [-0.4, -0.2) is 12.1 Å². The van der Waals surface area contributed by atoms with Crippen LogP contribution in [0.4, 0.5) is 0 Å². The molecule has 110 valence electrons. The van der Waals surface area contributed by atoms with E-state index in [1.165, 1.54) is 12.8 Å². The predicted octanol–water partition coefficient (Wildman–Crippen LogP) is 4.90. The van der Waals surface area contributed by atoms with Crippen LogP contribution in [0.15, 0.2) is 24.3 Å². The number of carbonyl (C=O) groups excluding carboxylic acids is 1. The molecule has 0 spiro atoms. The number of esters is 1. The second kappa shape index (κ2) is 6.43. The molecule has 1 fully saturated rings. The summed E-state index contributed by atoms with van der Waals surface area (Å²) in [6.45, 7) is 6.41. The van der Waals surface area contributed by atoms with Gasteiger partial charge in [-0.25, -0.2) is 4.79 Å². The molecule has 1 saturated carbocycles. The zero-order valence-electron chi connectivity index (χ0n) is 12.9. The highest BCUT2D eigenvalue weighted by molar-refractivity contribution is 5.91. The molecular weight excluding hydrogens is 248 g/mol. The summed E-state index contributed by atoms with van der Waals surface area (Å²) in [4.78, 5) is 12.4. The molecule has 1 aromatic carbocycles. The van der Waals surface area contributed by atoms with Crippen molar-refractivity contribution in [2.75, 3.05) is 0 Å². The first-order chi connectivity index (χ1) is 9.63. The SMILES string of the molecule is CCCC1(CC)CCCC1OC(=O)c1ccccc1C. The second-order valence-corrected chi connectivity index (χ2v) is 6.07. The third kappa shape index (κ3) is 2.89. The number of rotatable bonds is 5. The molecule has 0 heterocycles. The summed E-state index contributed by atoms with van der Waals surface area (Å²) in [5.74, 6) is -0.149. The minimum atomic E-state index is -0.149. The van der Waals surface area contributed by atoms with Crippen molar-refractivity contribution in [1.82, 2.24) is 0 Å². The normalized spacial score (nSPS) is 25.6. The van der Waals surface area contributed by atoms with Crippen LogP contribution in [0.2, 0.25) is 0 Å². The number of benzene rings is 1. The molecule has 0 amide bonds. The van der Waals surface area contributed by atoms with E-state index in [0.717, 1.165) is 31.2 Å². The molecule has 20 heavy (non-hydrogen) atoms. The van der Waals surface area contributed by atoms with E-state index in [0.29, 0.717) is 5.56 Å². The average molecular weight is 274 g/mol. The van der Waals surface area contributed by atoms with Crippen LogP contribution in [0.1, 0.15) is 68.3 Å². The minimum absolute atomic E-state index is 0.0968. The van der Waals surface area contributed by atoms with Crippen molar-refractivity contribution < 1.29 is 9.53 Å². The molecule has 0 N–H and O–H groups in total. The van der Waals surface area contributed by atoms with Gasteiger partial charge in [0.05, 0.1) is 5.56 Å². The number of ether oxygens (including phenoxy) is 1. The van der Waals surface area contributed by atoms with E-state index < -0.39 is 0 Å². The van der Waals surface area contributed by atoms with Gasteiger partial charge >= 0.3 is 5.97 Å². The topological polar surface area (TPSA) is 26.3 Å². The molecule has 0 saturated heterocycles. The van der Waals surface area contributed by atoms with Gasteiger partial charge in [-0.2, -0.15) is 0 Å². The van der Waals surface area contributed by atoms with Gasteiger partial charge in [-0.3, -0.25) is 0 Å². The number of hydrogen-bond donors (Lipinski definition) is 0. The first kappa shape index (κ1) is 15.1. The van der Waals surface area contributed by atoms with E-state index in [2.05, 4.69) is 13.8 Å². The highest BCUT2D eigenvalue weighted by atomic mass is 16.5. The third-order valence-electron chi connectivity index (χ3n) is 4.89. The molecular formula is C18H26O2. The number of hydrogen-bond acceptors (Lipinski definition) is 2. The summed E-state index contributed by atoms with van der Waals surface area (Å²) in [6.07, 6.45) is 6.92. The smallest absolute Gasteiger partial charge is 0.338 e. The Kier molecular flexibility index (Phi) is 4.85. The first-order valence-corrected chi connectivity index (χ1v) is 7.89. The molecule has 1 aliphatic rings. The zero-order chi connectivity index (χ0) is 14.6. The summed E-state index contributed by atoms with van der Waals surface area (Å²) in [5, 5.41) is 0. The van der Waals surface area contributed by atoms with Crippen LogP contribution < -0.4 is 0 Å². The van der Waals surface area contributed by atoms with Crippen molar-refractivity contribution >= 4 is 5.97 Å². The van der Waals surface area contributed by atoms with Crippen molar-refractivity contribution in [1.29, 1.82) is 0 Å². The Morgan fingerprint density at radius 1 is 1.35 bits per heavy atom. The maximum absolute atomic E-state index is 12.4. The molecule has 1 aromatic rings. The number of carbonyl (C=O) groups is 1. The van der Waals surface area contributed by atoms with Crippen LogP contribution in [-0.2, 0) is 4.74 Å². The third-order valence-corrected chi connectivity index (χ3v) is 4.89. The van der Waals surface area contributed by atoms with Crippen molar-refractivity contribution in [3.05, 3.63) is 35.4 Å². The van der Waals surface area contributed by atoms with Crippen molar-refractivity contribution in [3.8, 4) is 0 Å². The Labute approximate surface area is 122 Å². The zero-order valence-corrected chi connectivity index (χ0v) is 12.9. The molecule has 0 aromatic heterocycles. The molecule has 2 atom stereocenters. The van der Waals surface area contributed by atoms with Crippen molar-refractivity contribution in [2.24, 2.45) is 5.41 Å². The Balaban J connectivity index is 2.12. The fourth-order valence-electron chi connectivity index (χ4n) is 3.65. The van der Waals surface area contributed by atoms with Crippen LogP contribution >= 0.6 is 0 Å². The van der Waals surface area contributed by atoms with Crippen LogP contribution in [0.5, 0.6) is 0 Å². The lowest BCUT2D eigenvalue weighted by atomic mass is 9.77. The first-order valence-electron chi connectivity index (χ1n) is 7.89. The van der Waals surface area contributed by atoms with Crippen LogP contribution in [0, 0.1) is 12.3 Å². The highest BCUT2D eigenvalue weighted by Gasteiger charge is 2.43. The molecule has 2 heteroatoms. The summed E-state index contributed by atoms with van der Waals surface area (Å²) in [5.41, 5.74) is 1.92. The highest BCUT2D eigenvalue weighted by Crippen LogP contribution is 2.46.